The third-order valence-electron chi connectivity index (χ3n) is 5.48. The van der Waals surface area contributed by atoms with Crippen molar-refractivity contribution in [2.75, 3.05) is 20.3 Å². The normalized spacial score (nSPS) is 13.3. The molecule has 1 aromatic rings. The molecule has 0 saturated carbocycles. The zero-order valence-corrected chi connectivity index (χ0v) is 24.4. The summed E-state index contributed by atoms with van der Waals surface area (Å²) in [7, 11) is 1.29. The van der Waals surface area contributed by atoms with Crippen molar-refractivity contribution in [2.24, 2.45) is 16.7 Å². The van der Waals surface area contributed by atoms with E-state index >= 15 is 0 Å². The fraction of sp³-hybridized carbons (Fsp3) is 0.655. The van der Waals surface area contributed by atoms with Gasteiger partial charge in [0.1, 0.15) is 12.6 Å². The van der Waals surface area contributed by atoms with E-state index < -0.39 is 23.9 Å². The van der Waals surface area contributed by atoms with Gasteiger partial charge < -0.3 is 24.3 Å². The lowest BCUT2D eigenvalue weighted by molar-refractivity contribution is -0.148. The molecule has 0 fully saturated rings. The van der Waals surface area contributed by atoms with E-state index in [2.05, 4.69) is 5.32 Å². The first-order valence-electron chi connectivity index (χ1n) is 13.1. The van der Waals surface area contributed by atoms with E-state index in [1.165, 1.54) is 7.11 Å². The van der Waals surface area contributed by atoms with Crippen LogP contribution >= 0.6 is 0 Å². The van der Waals surface area contributed by atoms with Crippen LogP contribution in [0.2, 0.25) is 0 Å². The Hall–Kier alpha value is -2.94. The van der Waals surface area contributed by atoms with Crippen molar-refractivity contribution >= 4 is 23.9 Å². The second-order valence-electron chi connectivity index (χ2n) is 11.9. The minimum atomic E-state index is -0.741. The van der Waals surface area contributed by atoms with E-state index in [1.807, 2.05) is 48.5 Å². The minimum Gasteiger partial charge on any atom is -0.468 e. The number of hydrogen-bond acceptors (Lipinski definition) is 9. The summed E-state index contributed by atoms with van der Waals surface area (Å²) in [5.74, 6) is -1.66. The monoisotopic (exact) mass is 535 g/mol. The summed E-state index contributed by atoms with van der Waals surface area (Å²) in [5, 5.41) is 3.05. The maximum atomic E-state index is 12.6. The number of methoxy groups -OCH3 is 1. The van der Waals surface area contributed by atoms with Crippen LogP contribution in [-0.4, -0.2) is 50.2 Å². The third-order valence-corrected chi connectivity index (χ3v) is 5.48. The molecule has 1 rings (SSSR count). The van der Waals surface area contributed by atoms with Gasteiger partial charge in [0.2, 0.25) is 0 Å². The van der Waals surface area contributed by atoms with Gasteiger partial charge in [0, 0.05) is 6.54 Å². The largest absolute Gasteiger partial charge is 0.468 e. The number of esters is 4. The molecule has 1 aromatic carbocycles. The van der Waals surface area contributed by atoms with E-state index in [9.17, 15) is 19.2 Å². The molecule has 0 bridgehead atoms. The number of hydrogen-bond donors (Lipinski definition) is 1. The van der Waals surface area contributed by atoms with Gasteiger partial charge in [0.05, 0.1) is 25.9 Å². The van der Waals surface area contributed by atoms with Crippen LogP contribution in [0.5, 0.6) is 11.5 Å². The first-order valence-corrected chi connectivity index (χ1v) is 13.1. The van der Waals surface area contributed by atoms with E-state index in [-0.39, 0.29) is 66.6 Å². The Morgan fingerprint density at radius 2 is 1.42 bits per heavy atom. The molecule has 0 aliphatic rings. The molecule has 1 unspecified atom stereocenters. The third kappa shape index (κ3) is 13.0. The van der Waals surface area contributed by atoms with Crippen LogP contribution < -0.4 is 14.8 Å². The standard InChI is InChI=1S/C29H45NO8/c1-10-19(2)26(33)36-14-13-30-21(27(34)35-9)15-20-11-12-22(37-24(31)17-28(3,4)5)23(16-20)38-25(32)18-29(6,7)8/h11-12,16,19,21,30H,10,13-15,17-18H2,1-9H3/t19?,21-/m0/s1. The molecular formula is C29H45NO8. The van der Waals surface area contributed by atoms with Gasteiger partial charge in [-0.1, -0.05) is 61.5 Å². The molecule has 1 N–H and O–H groups in total. The summed E-state index contributed by atoms with van der Waals surface area (Å²) < 4.78 is 21.3. The van der Waals surface area contributed by atoms with Crippen molar-refractivity contribution in [3.05, 3.63) is 23.8 Å². The Morgan fingerprint density at radius 3 is 1.92 bits per heavy atom. The van der Waals surface area contributed by atoms with Crippen LogP contribution in [0.4, 0.5) is 0 Å². The topological polar surface area (TPSA) is 117 Å². The number of benzene rings is 1. The number of carbonyl (C=O) groups excluding carboxylic acids is 4. The molecular weight excluding hydrogens is 490 g/mol. The summed E-state index contributed by atoms with van der Waals surface area (Å²) in [6.07, 6.45) is 1.22. The van der Waals surface area contributed by atoms with Gasteiger partial charge in [-0.15, -0.1) is 0 Å². The lowest BCUT2D eigenvalue weighted by atomic mass is 9.92. The van der Waals surface area contributed by atoms with Crippen LogP contribution in [-0.2, 0) is 35.1 Å². The van der Waals surface area contributed by atoms with Gasteiger partial charge in [0.25, 0.3) is 0 Å². The maximum absolute atomic E-state index is 12.6. The quantitative estimate of drug-likeness (QED) is 0.219. The van der Waals surface area contributed by atoms with Gasteiger partial charge >= 0.3 is 23.9 Å². The molecule has 9 nitrogen and oxygen atoms in total. The fourth-order valence-corrected chi connectivity index (χ4v) is 3.34. The molecule has 0 aromatic heterocycles. The molecule has 2 atom stereocenters. The zero-order chi connectivity index (χ0) is 29.1. The zero-order valence-electron chi connectivity index (χ0n) is 24.4. The van der Waals surface area contributed by atoms with Crippen molar-refractivity contribution < 1.29 is 38.1 Å². The molecule has 0 amide bonds. The van der Waals surface area contributed by atoms with E-state index in [0.717, 1.165) is 0 Å². The Labute approximate surface area is 226 Å². The number of nitrogens with one attached hydrogen (secondary N) is 1. The molecule has 0 saturated heterocycles. The lowest BCUT2D eigenvalue weighted by Gasteiger charge is -2.20. The average Bonchev–Trinajstić information content (AvgIpc) is 2.78. The van der Waals surface area contributed by atoms with E-state index in [0.29, 0.717) is 12.0 Å². The van der Waals surface area contributed by atoms with Crippen molar-refractivity contribution in [2.45, 2.75) is 87.1 Å². The Balaban J connectivity index is 3.08. The molecule has 0 aliphatic heterocycles. The van der Waals surface area contributed by atoms with Crippen molar-refractivity contribution in [3.63, 3.8) is 0 Å². The Morgan fingerprint density at radius 1 is 0.868 bits per heavy atom. The fourth-order valence-electron chi connectivity index (χ4n) is 3.34. The minimum absolute atomic E-state index is 0.102. The second kappa shape index (κ2) is 14.9. The first kappa shape index (κ1) is 33.1. The average molecular weight is 536 g/mol. The van der Waals surface area contributed by atoms with Crippen molar-refractivity contribution in [1.82, 2.24) is 5.32 Å². The molecule has 0 heterocycles. The summed E-state index contributed by atoms with van der Waals surface area (Å²) in [4.78, 5) is 49.4. The predicted molar refractivity (Wildman–Crippen MR) is 144 cm³/mol. The molecule has 0 aliphatic carbocycles. The highest BCUT2D eigenvalue weighted by atomic mass is 16.6. The number of ether oxygens (including phenoxy) is 4. The lowest BCUT2D eigenvalue weighted by Crippen LogP contribution is -2.41. The van der Waals surface area contributed by atoms with Crippen molar-refractivity contribution in [1.29, 1.82) is 0 Å². The van der Waals surface area contributed by atoms with Crippen molar-refractivity contribution in [3.8, 4) is 11.5 Å². The van der Waals surface area contributed by atoms with Gasteiger partial charge in [-0.05, 0) is 41.4 Å². The molecule has 214 valence electrons. The highest BCUT2D eigenvalue weighted by molar-refractivity contribution is 5.78. The van der Waals surface area contributed by atoms with Crippen LogP contribution in [0.25, 0.3) is 0 Å². The summed E-state index contributed by atoms with van der Waals surface area (Å²) in [6.45, 7) is 15.6. The van der Waals surface area contributed by atoms with E-state index in [4.69, 9.17) is 18.9 Å². The number of rotatable bonds is 13. The predicted octanol–water partition coefficient (Wildman–Crippen LogP) is 4.63. The summed E-state index contributed by atoms with van der Waals surface area (Å²) in [6, 6.07) is 4.09. The smallest absolute Gasteiger partial charge is 0.323 e. The number of carbonyl (C=O) groups is 4. The van der Waals surface area contributed by atoms with Crippen LogP contribution in [0.1, 0.15) is 80.2 Å². The Kier molecular flexibility index (Phi) is 12.9. The SMILES string of the molecule is CCC(C)C(=O)OCCN[C@@H](Cc1ccc(OC(=O)CC(C)(C)C)c(OC(=O)CC(C)(C)C)c1)C(=O)OC. The first-order chi connectivity index (χ1) is 17.5. The van der Waals surface area contributed by atoms with Crippen LogP contribution in [0.3, 0.4) is 0 Å². The molecule has 0 spiro atoms. The van der Waals surface area contributed by atoms with Gasteiger partial charge in [-0.3, -0.25) is 19.2 Å². The molecule has 38 heavy (non-hydrogen) atoms. The maximum Gasteiger partial charge on any atom is 0.323 e. The van der Waals surface area contributed by atoms with Gasteiger partial charge in [-0.25, -0.2) is 0 Å². The van der Waals surface area contributed by atoms with Gasteiger partial charge in [-0.2, -0.15) is 0 Å². The Bertz CT molecular complexity index is 958. The van der Waals surface area contributed by atoms with Crippen LogP contribution in [0, 0.1) is 16.7 Å². The molecule has 0 radical (unpaired) electrons. The van der Waals surface area contributed by atoms with E-state index in [1.54, 1.807) is 25.1 Å². The van der Waals surface area contributed by atoms with Crippen LogP contribution in [0.15, 0.2) is 18.2 Å². The highest BCUT2D eigenvalue weighted by Crippen LogP contribution is 2.32. The summed E-state index contributed by atoms with van der Waals surface area (Å²) >= 11 is 0. The highest BCUT2D eigenvalue weighted by Gasteiger charge is 2.24. The second-order valence-corrected chi connectivity index (χ2v) is 11.9. The van der Waals surface area contributed by atoms with Gasteiger partial charge in [0.15, 0.2) is 11.5 Å². The molecule has 9 heteroatoms. The summed E-state index contributed by atoms with van der Waals surface area (Å²) in [5.41, 5.74) is 0.0806.